The van der Waals surface area contributed by atoms with Crippen LogP contribution in [-0.4, -0.2) is 37.7 Å². The van der Waals surface area contributed by atoms with E-state index in [-0.39, 0.29) is 0 Å². The van der Waals surface area contributed by atoms with Crippen molar-refractivity contribution >= 4 is 0 Å². The molecule has 0 atom stereocenters. The van der Waals surface area contributed by atoms with Crippen molar-refractivity contribution in [3.8, 4) is 5.75 Å². The van der Waals surface area contributed by atoms with Crippen molar-refractivity contribution in [1.29, 1.82) is 0 Å². The minimum Gasteiger partial charge on any atom is -0.493 e. The van der Waals surface area contributed by atoms with E-state index in [1.165, 1.54) is 30.5 Å². The van der Waals surface area contributed by atoms with Gasteiger partial charge in [0, 0.05) is 6.54 Å². The van der Waals surface area contributed by atoms with Gasteiger partial charge in [-0.05, 0) is 69.1 Å². The number of unbranched alkanes of at least 4 members (excludes halogenated alkanes) is 2. The van der Waals surface area contributed by atoms with Gasteiger partial charge in [-0.1, -0.05) is 26.0 Å². The Labute approximate surface area is 129 Å². The molecule has 1 N–H and O–H groups in total. The van der Waals surface area contributed by atoms with Gasteiger partial charge < -0.3 is 15.0 Å². The lowest BCUT2D eigenvalue weighted by Crippen LogP contribution is -2.24. The van der Waals surface area contributed by atoms with E-state index in [9.17, 15) is 0 Å². The Hall–Kier alpha value is -1.06. The fourth-order valence-corrected chi connectivity index (χ4v) is 2.97. The molecule has 3 nitrogen and oxygen atoms in total. The van der Waals surface area contributed by atoms with Crippen LogP contribution >= 0.6 is 0 Å². The highest BCUT2D eigenvalue weighted by molar-refractivity contribution is 5.41. The maximum absolute atomic E-state index is 6.02. The number of rotatable bonds is 9. The summed E-state index contributed by atoms with van der Waals surface area (Å²) in [7, 11) is 0. The van der Waals surface area contributed by atoms with Crippen LogP contribution < -0.4 is 10.1 Å². The fraction of sp³-hybridized carbons (Fsp3) is 0.667. The Balaban J connectivity index is 1.67. The molecule has 2 rings (SSSR count). The first kappa shape index (κ1) is 16.3. The lowest BCUT2D eigenvalue weighted by molar-refractivity contribution is 0.275. The maximum atomic E-state index is 6.02. The van der Waals surface area contributed by atoms with Crippen molar-refractivity contribution in [3.05, 3.63) is 29.3 Å². The Morgan fingerprint density at radius 2 is 2.00 bits per heavy atom. The minimum absolute atomic E-state index is 0.849. The second-order valence-corrected chi connectivity index (χ2v) is 5.76. The summed E-state index contributed by atoms with van der Waals surface area (Å²) in [4.78, 5) is 2.49. The summed E-state index contributed by atoms with van der Waals surface area (Å²) in [5.74, 6) is 1.11. The monoisotopic (exact) mass is 290 g/mol. The molecule has 1 aliphatic rings. The van der Waals surface area contributed by atoms with Crippen LogP contribution in [0.2, 0.25) is 0 Å². The van der Waals surface area contributed by atoms with Crippen molar-refractivity contribution in [2.24, 2.45) is 0 Å². The minimum atomic E-state index is 0.849. The van der Waals surface area contributed by atoms with Crippen LogP contribution in [0.4, 0.5) is 0 Å². The first-order valence-electron chi connectivity index (χ1n) is 8.51. The van der Waals surface area contributed by atoms with Crippen LogP contribution in [0.3, 0.4) is 0 Å². The number of nitrogens with one attached hydrogen (secondary N) is 1. The zero-order valence-corrected chi connectivity index (χ0v) is 13.7. The van der Waals surface area contributed by atoms with Crippen LogP contribution in [0.15, 0.2) is 18.2 Å². The van der Waals surface area contributed by atoms with Gasteiger partial charge in [-0.3, -0.25) is 0 Å². The van der Waals surface area contributed by atoms with E-state index < -0.39 is 0 Å². The van der Waals surface area contributed by atoms with Crippen LogP contribution in [0.5, 0.6) is 5.75 Å². The van der Waals surface area contributed by atoms with Gasteiger partial charge in [0.15, 0.2) is 0 Å². The lowest BCUT2D eigenvalue weighted by atomic mass is 10.0. The molecule has 0 radical (unpaired) electrons. The Morgan fingerprint density at radius 3 is 2.81 bits per heavy atom. The Kier molecular flexibility index (Phi) is 7.04. The molecule has 0 saturated carbocycles. The van der Waals surface area contributed by atoms with Gasteiger partial charge in [-0.2, -0.15) is 0 Å². The number of benzene rings is 1. The summed E-state index contributed by atoms with van der Waals surface area (Å²) in [6.45, 7) is 10.9. The van der Waals surface area contributed by atoms with Gasteiger partial charge >= 0.3 is 0 Å². The molecule has 0 bridgehead atoms. The van der Waals surface area contributed by atoms with E-state index in [0.29, 0.717) is 0 Å². The molecule has 3 heteroatoms. The van der Waals surface area contributed by atoms with Crippen molar-refractivity contribution in [2.45, 2.75) is 46.1 Å². The lowest BCUT2D eigenvalue weighted by Gasteiger charge is -2.20. The molecular weight excluding hydrogens is 260 g/mol. The van der Waals surface area contributed by atoms with E-state index in [1.54, 1.807) is 0 Å². The maximum Gasteiger partial charge on any atom is 0.122 e. The van der Waals surface area contributed by atoms with Gasteiger partial charge in [-0.15, -0.1) is 0 Å². The van der Waals surface area contributed by atoms with Gasteiger partial charge in [0.25, 0.3) is 0 Å². The zero-order valence-electron chi connectivity index (χ0n) is 13.7. The summed E-state index contributed by atoms with van der Waals surface area (Å²) < 4.78 is 6.02. The second kappa shape index (κ2) is 9.06. The third-order valence-electron chi connectivity index (χ3n) is 4.37. The standard InChI is InChI=1S/C18H30N2O/c1-3-20(4-2)13-6-5-7-14-21-18-10-8-9-16-15-19-12-11-17(16)18/h8-10,19H,3-7,11-15H2,1-2H3. The SMILES string of the molecule is CCN(CC)CCCCCOc1cccc2c1CCNC2. The average Bonchev–Trinajstić information content (AvgIpc) is 2.54. The van der Waals surface area contributed by atoms with E-state index in [2.05, 4.69) is 42.3 Å². The third-order valence-corrected chi connectivity index (χ3v) is 4.37. The molecule has 118 valence electrons. The van der Waals surface area contributed by atoms with Gasteiger partial charge in [-0.25, -0.2) is 0 Å². The Morgan fingerprint density at radius 1 is 1.14 bits per heavy atom. The normalized spacial score (nSPS) is 14.2. The van der Waals surface area contributed by atoms with Gasteiger partial charge in [0.1, 0.15) is 5.75 Å². The molecule has 0 spiro atoms. The molecule has 1 heterocycles. The van der Waals surface area contributed by atoms with E-state index in [0.717, 1.165) is 51.4 Å². The van der Waals surface area contributed by atoms with Crippen LogP contribution in [0.1, 0.15) is 44.2 Å². The number of hydrogen-bond acceptors (Lipinski definition) is 3. The summed E-state index contributed by atoms with van der Waals surface area (Å²) >= 11 is 0. The topological polar surface area (TPSA) is 24.5 Å². The van der Waals surface area contributed by atoms with Crippen molar-refractivity contribution in [1.82, 2.24) is 10.2 Å². The number of nitrogens with zero attached hydrogens (tertiary/aromatic N) is 1. The number of hydrogen-bond donors (Lipinski definition) is 1. The fourth-order valence-electron chi connectivity index (χ4n) is 2.97. The Bertz CT molecular complexity index is 416. The van der Waals surface area contributed by atoms with Crippen LogP contribution in [0.25, 0.3) is 0 Å². The molecule has 0 fully saturated rings. The average molecular weight is 290 g/mol. The third kappa shape index (κ3) is 5.01. The van der Waals surface area contributed by atoms with Crippen LogP contribution in [-0.2, 0) is 13.0 Å². The summed E-state index contributed by atoms with van der Waals surface area (Å²) in [6, 6.07) is 6.44. The molecule has 0 saturated heterocycles. The molecule has 21 heavy (non-hydrogen) atoms. The van der Waals surface area contributed by atoms with Crippen molar-refractivity contribution in [3.63, 3.8) is 0 Å². The predicted molar refractivity (Wildman–Crippen MR) is 89.0 cm³/mol. The molecular formula is C18H30N2O. The molecule has 1 aromatic rings. The van der Waals surface area contributed by atoms with Gasteiger partial charge in [0.05, 0.1) is 6.61 Å². The van der Waals surface area contributed by atoms with E-state index >= 15 is 0 Å². The summed E-state index contributed by atoms with van der Waals surface area (Å²) in [6.07, 6.45) is 4.78. The largest absolute Gasteiger partial charge is 0.493 e. The molecule has 0 aromatic heterocycles. The zero-order chi connectivity index (χ0) is 14.9. The molecule has 1 aromatic carbocycles. The molecule has 0 amide bonds. The van der Waals surface area contributed by atoms with Crippen LogP contribution in [0, 0.1) is 0 Å². The molecule has 1 aliphatic heterocycles. The smallest absolute Gasteiger partial charge is 0.122 e. The first-order valence-corrected chi connectivity index (χ1v) is 8.51. The van der Waals surface area contributed by atoms with Gasteiger partial charge in [0.2, 0.25) is 0 Å². The molecule has 0 aliphatic carbocycles. The highest BCUT2D eigenvalue weighted by Crippen LogP contribution is 2.25. The summed E-state index contributed by atoms with van der Waals surface area (Å²) in [5.41, 5.74) is 2.82. The number of ether oxygens (including phenoxy) is 1. The molecule has 0 unspecified atom stereocenters. The second-order valence-electron chi connectivity index (χ2n) is 5.76. The van der Waals surface area contributed by atoms with E-state index in [1.807, 2.05) is 0 Å². The first-order chi connectivity index (χ1) is 10.3. The predicted octanol–water partition coefficient (Wildman–Crippen LogP) is 3.22. The quantitative estimate of drug-likeness (QED) is 0.707. The number of fused-ring (bicyclic) bond motifs is 1. The van der Waals surface area contributed by atoms with Crippen molar-refractivity contribution < 1.29 is 4.74 Å². The highest BCUT2D eigenvalue weighted by Gasteiger charge is 2.12. The van der Waals surface area contributed by atoms with E-state index in [4.69, 9.17) is 4.74 Å². The summed E-state index contributed by atoms with van der Waals surface area (Å²) in [5, 5.41) is 3.41. The highest BCUT2D eigenvalue weighted by atomic mass is 16.5. The van der Waals surface area contributed by atoms with Crippen molar-refractivity contribution in [2.75, 3.05) is 32.8 Å².